The van der Waals surface area contributed by atoms with Crippen molar-refractivity contribution in [1.29, 1.82) is 0 Å². The van der Waals surface area contributed by atoms with E-state index in [2.05, 4.69) is 15.6 Å². The van der Waals surface area contributed by atoms with E-state index in [4.69, 9.17) is 13.8 Å². The predicted molar refractivity (Wildman–Crippen MR) is 88.8 cm³/mol. The third kappa shape index (κ3) is 6.82. The highest BCUT2D eigenvalue weighted by atomic mass is 31.2. The van der Waals surface area contributed by atoms with Gasteiger partial charge in [0.1, 0.15) is 11.3 Å². The number of amides is 2. The van der Waals surface area contributed by atoms with Gasteiger partial charge in [0.2, 0.25) is 5.96 Å². The molecule has 1 aliphatic rings. The van der Waals surface area contributed by atoms with Crippen molar-refractivity contribution >= 4 is 25.6 Å². The van der Waals surface area contributed by atoms with Crippen molar-refractivity contribution in [1.82, 2.24) is 10.6 Å². The lowest BCUT2D eigenvalue weighted by molar-refractivity contribution is -0.115. The highest BCUT2D eigenvalue weighted by molar-refractivity contribution is 7.54. The quantitative estimate of drug-likeness (QED) is 0.553. The first-order chi connectivity index (χ1) is 11.1. The van der Waals surface area contributed by atoms with E-state index in [-0.39, 0.29) is 31.0 Å². The number of allylic oxidation sites excluding steroid dienone is 1. The Hall–Kier alpha value is -1.70. The number of hydrogen-bond donors (Lipinski definition) is 2. The molecular formula is C14H24N3O6P. The zero-order valence-electron chi connectivity index (χ0n) is 14.5. The minimum absolute atomic E-state index is 0.0145. The molecule has 1 heterocycles. The van der Waals surface area contributed by atoms with E-state index in [9.17, 15) is 14.2 Å². The summed E-state index contributed by atoms with van der Waals surface area (Å²) in [6.45, 7) is 8.98. The number of hydrogen-bond acceptors (Lipinski definition) is 7. The fourth-order valence-electron chi connectivity index (χ4n) is 1.70. The van der Waals surface area contributed by atoms with Crippen LogP contribution < -0.4 is 10.6 Å². The van der Waals surface area contributed by atoms with Gasteiger partial charge in [-0.1, -0.05) is 0 Å². The van der Waals surface area contributed by atoms with Crippen LogP contribution in [-0.4, -0.2) is 42.9 Å². The van der Waals surface area contributed by atoms with Gasteiger partial charge in [-0.15, -0.1) is 0 Å². The molecule has 0 bridgehead atoms. The topological polar surface area (TPSA) is 115 Å². The summed E-state index contributed by atoms with van der Waals surface area (Å²) in [6, 6.07) is 0. The molecule has 1 rings (SSSR count). The van der Waals surface area contributed by atoms with E-state index >= 15 is 0 Å². The van der Waals surface area contributed by atoms with Gasteiger partial charge in [0, 0.05) is 0 Å². The zero-order valence-corrected chi connectivity index (χ0v) is 15.4. The average Bonchev–Trinajstić information content (AvgIpc) is 2.75. The van der Waals surface area contributed by atoms with Gasteiger partial charge in [0.15, 0.2) is 0 Å². The van der Waals surface area contributed by atoms with Crippen molar-refractivity contribution in [2.45, 2.75) is 40.2 Å². The number of ether oxygens (including phenoxy) is 1. The van der Waals surface area contributed by atoms with Crippen molar-refractivity contribution < 1.29 is 27.9 Å². The van der Waals surface area contributed by atoms with E-state index in [0.29, 0.717) is 0 Å². The molecule has 0 aromatic carbocycles. The number of carbonyl (C=O) groups is 2. The lowest BCUT2D eigenvalue weighted by atomic mass is 10.2. The molecule has 0 saturated heterocycles. The summed E-state index contributed by atoms with van der Waals surface area (Å²) in [4.78, 5) is 27.4. The Bertz CT molecular complexity index is 584. The maximum Gasteiger partial charge on any atom is 0.414 e. The van der Waals surface area contributed by atoms with E-state index in [1.54, 1.807) is 34.6 Å². The molecule has 136 valence electrons. The van der Waals surface area contributed by atoms with Crippen molar-refractivity contribution in [3.05, 3.63) is 11.8 Å². The molecule has 9 nitrogen and oxygen atoms in total. The number of nitrogens with zero attached hydrogens (tertiary/aromatic N) is 1. The highest BCUT2D eigenvalue weighted by Gasteiger charge is 2.27. The van der Waals surface area contributed by atoms with Crippen LogP contribution >= 0.6 is 7.60 Å². The molecule has 0 saturated carbocycles. The number of rotatable bonds is 6. The van der Waals surface area contributed by atoms with E-state index in [1.807, 2.05) is 0 Å². The second-order valence-electron chi connectivity index (χ2n) is 5.76. The summed E-state index contributed by atoms with van der Waals surface area (Å²) >= 11 is 0. The van der Waals surface area contributed by atoms with Gasteiger partial charge >= 0.3 is 13.7 Å². The first-order valence-electron chi connectivity index (χ1n) is 7.57. The summed E-state index contributed by atoms with van der Waals surface area (Å²) in [5.41, 5.74) is -0.659. The normalized spacial score (nSPS) is 16.8. The highest BCUT2D eigenvalue weighted by Crippen LogP contribution is 2.48. The second-order valence-corrected chi connectivity index (χ2v) is 7.86. The molecule has 0 spiro atoms. The van der Waals surface area contributed by atoms with Crippen LogP contribution in [0.2, 0.25) is 0 Å². The SMILES string of the molecule is CCOP(=O)(C/C=C1/N=C(NC(=O)OC(C)(C)C)NC1=O)OCC. The summed E-state index contributed by atoms with van der Waals surface area (Å²) in [7, 11) is -3.31. The Morgan fingerprint density at radius 2 is 1.88 bits per heavy atom. The smallest absolute Gasteiger partial charge is 0.414 e. The van der Waals surface area contributed by atoms with Crippen molar-refractivity contribution in [2.75, 3.05) is 19.4 Å². The first-order valence-corrected chi connectivity index (χ1v) is 9.29. The second kappa shape index (κ2) is 8.41. The molecule has 10 heteroatoms. The van der Waals surface area contributed by atoms with Gasteiger partial charge < -0.3 is 13.8 Å². The predicted octanol–water partition coefficient (Wildman–Crippen LogP) is 2.15. The number of nitrogens with one attached hydrogen (secondary N) is 2. The number of aliphatic imine (C=N–C) groups is 1. The number of guanidine groups is 1. The number of alkyl carbamates (subject to hydrolysis) is 1. The van der Waals surface area contributed by atoms with Crippen LogP contribution in [0, 0.1) is 0 Å². The van der Waals surface area contributed by atoms with Gasteiger partial charge in [-0.3, -0.25) is 20.0 Å². The maximum absolute atomic E-state index is 12.3. The molecule has 0 radical (unpaired) electrons. The summed E-state index contributed by atoms with van der Waals surface area (Å²) in [5, 5.41) is 4.71. The maximum atomic E-state index is 12.3. The molecule has 2 amide bonds. The van der Waals surface area contributed by atoms with Crippen LogP contribution in [0.1, 0.15) is 34.6 Å². The van der Waals surface area contributed by atoms with Crippen LogP contribution in [0.15, 0.2) is 16.8 Å². The lowest BCUT2D eigenvalue weighted by Gasteiger charge is -2.19. The third-order valence-electron chi connectivity index (χ3n) is 2.48. The Morgan fingerprint density at radius 3 is 2.38 bits per heavy atom. The minimum Gasteiger partial charge on any atom is -0.444 e. The average molecular weight is 361 g/mol. The molecule has 0 fully saturated rings. The standard InChI is InChI=1S/C14H24N3O6P/c1-6-21-24(20,22-7-2)9-8-10-11(18)16-12(15-10)17-13(19)23-14(3,4)5/h8H,6-7,9H2,1-5H3,(H2,15,16,17,18,19)/b10-8+. The Balaban J connectivity index is 2.75. The van der Waals surface area contributed by atoms with Crippen LogP contribution in [0.25, 0.3) is 0 Å². The van der Waals surface area contributed by atoms with E-state index in [1.165, 1.54) is 6.08 Å². The molecular weight excluding hydrogens is 337 g/mol. The summed E-state index contributed by atoms with van der Waals surface area (Å²) in [5.74, 6) is -0.580. The molecule has 0 atom stereocenters. The molecule has 0 aliphatic carbocycles. The third-order valence-corrected chi connectivity index (χ3v) is 4.41. The summed E-state index contributed by atoms with van der Waals surface area (Å²) in [6.07, 6.45) is 0.517. The van der Waals surface area contributed by atoms with Crippen molar-refractivity contribution in [3.63, 3.8) is 0 Å². The van der Waals surface area contributed by atoms with Gasteiger partial charge in [-0.25, -0.2) is 9.79 Å². The van der Waals surface area contributed by atoms with Crippen LogP contribution in [0.3, 0.4) is 0 Å². The monoisotopic (exact) mass is 361 g/mol. The zero-order chi connectivity index (χ0) is 18.4. The Labute approximate surface area is 141 Å². The Kier molecular flexibility index (Phi) is 7.13. The summed E-state index contributed by atoms with van der Waals surface area (Å²) < 4.78 is 27.7. The molecule has 0 unspecified atom stereocenters. The molecule has 1 aliphatic heterocycles. The van der Waals surface area contributed by atoms with Gasteiger partial charge in [0.05, 0.1) is 19.4 Å². The molecule has 2 N–H and O–H groups in total. The molecule has 0 aromatic heterocycles. The van der Waals surface area contributed by atoms with Crippen LogP contribution in [0.4, 0.5) is 4.79 Å². The van der Waals surface area contributed by atoms with E-state index < -0.39 is 25.2 Å². The van der Waals surface area contributed by atoms with Gasteiger partial charge in [-0.2, -0.15) is 0 Å². The van der Waals surface area contributed by atoms with E-state index in [0.717, 1.165) is 0 Å². The van der Waals surface area contributed by atoms with Gasteiger partial charge in [0.25, 0.3) is 5.91 Å². The molecule has 0 aromatic rings. The fourth-order valence-corrected chi connectivity index (χ4v) is 3.17. The minimum atomic E-state index is -3.31. The van der Waals surface area contributed by atoms with Crippen molar-refractivity contribution in [2.24, 2.45) is 4.99 Å². The molecule has 24 heavy (non-hydrogen) atoms. The number of carbonyl (C=O) groups excluding carboxylic acids is 2. The fraction of sp³-hybridized carbons (Fsp3) is 0.643. The van der Waals surface area contributed by atoms with Crippen LogP contribution in [0.5, 0.6) is 0 Å². The van der Waals surface area contributed by atoms with Crippen LogP contribution in [-0.2, 0) is 23.1 Å². The first kappa shape index (κ1) is 20.3. The van der Waals surface area contributed by atoms with Crippen molar-refractivity contribution in [3.8, 4) is 0 Å². The Morgan fingerprint density at radius 1 is 1.29 bits per heavy atom. The lowest BCUT2D eigenvalue weighted by Crippen LogP contribution is -2.42. The van der Waals surface area contributed by atoms with Gasteiger partial charge in [-0.05, 0) is 40.7 Å². The largest absolute Gasteiger partial charge is 0.444 e.